The van der Waals surface area contributed by atoms with Crippen LogP contribution in [0.5, 0.6) is 11.5 Å². The van der Waals surface area contributed by atoms with Crippen molar-refractivity contribution in [3.8, 4) is 11.5 Å². The second-order valence-corrected chi connectivity index (χ2v) is 6.30. The molecular weight excluding hydrogens is 314 g/mol. The van der Waals surface area contributed by atoms with E-state index in [-0.39, 0.29) is 11.9 Å². The third kappa shape index (κ3) is 3.25. The van der Waals surface area contributed by atoms with Gasteiger partial charge in [-0.1, -0.05) is 24.3 Å². The Labute approximate surface area is 148 Å². The van der Waals surface area contributed by atoms with Crippen molar-refractivity contribution in [2.75, 3.05) is 19.1 Å². The van der Waals surface area contributed by atoms with Gasteiger partial charge in [-0.3, -0.25) is 4.79 Å². The number of fused-ring (bicyclic) bond motifs is 1. The lowest BCUT2D eigenvalue weighted by molar-refractivity contribution is -0.115. The quantitative estimate of drug-likeness (QED) is 0.789. The molecule has 4 nitrogen and oxygen atoms in total. The second kappa shape index (κ2) is 7.01. The second-order valence-electron chi connectivity index (χ2n) is 6.30. The fourth-order valence-electron chi connectivity index (χ4n) is 3.32. The number of ether oxygens (including phenoxy) is 2. The molecule has 1 amide bonds. The van der Waals surface area contributed by atoms with Gasteiger partial charge in [0.1, 0.15) is 0 Å². The van der Waals surface area contributed by atoms with Crippen LogP contribution in [0.3, 0.4) is 0 Å². The average Bonchev–Trinajstić information content (AvgIpc) is 2.96. The molecule has 130 valence electrons. The number of methoxy groups -OCH3 is 2. The molecule has 0 spiro atoms. The molecule has 1 aliphatic heterocycles. The molecule has 25 heavy (non-hydrogen) atoms. The van der Waals surface area contributed by atoms with Crippen LogP contribution >= 0.6 is 0 Å². The maximum Gasteiger partial charge on any atom is 0.254 e. The summed E-state index contributed by atoms with van der Waals surface area (Å²) in [4.78, 5) is 14.9. The van der Waals surface area contributed by atoms with Crippen LogP contribution in [0.25, 0.3) is 6.08 Å². The summed E-state index contributed by atoms with van der Waals surface area (Å²) in [7, 11) is 3.21. The van der Waals surface area contributed by atoms with Crippen LogP contribution in [-0.4, -0.2) is 26.2 Å². The molecular formula is C21H23NO3. The lowest BCUT2D eigenvalue weighted by Crippen LogP contribution is -2.36. The van der Waals surface area contributed by atoms with Gasteiger partial charge in [0.05, 0.1) is 14.2 Å². The van der Waals surface area contributed by atoms with Crippen LogP contribution in [0.1, 0.15) is 25.0 Å². The molecule has 1 atom stereocenters. The minimum atomic E-state index is 0.0345. The molecule has 3 rings (SSSR count). The molecule has 0 bridgehead atoms. The number of carbonyl (C=O) groups excluding carboxylic acids is 1. The summed E-state index contributed by atoms with van der Waals surface area (Å²) < 4.78 is 10.6. The Morgan fingerprint density at radius 2 is 1.84 bits per heavy atom. The Morgan fingerprint density at radius 1 is 1.12 bits per heavy atom. The van der Waals surface area contributed by atoms with Gasteiger partial charge in [0.2, 0.25) is 0 Å². The fourth-order valence-corrected chi connectivity index (χ4v) is 3.32. The Balaban J connectivity index is 1.89. The highest BCUT2D eigenvalue weighted by Gasteiger charge is 2.30. The van der Waals surface area contributed by atoms with Crippen LogP contribution in [0.15, 0.2) is 48.0 Å². The lowest BCUT2D eigenvalue weighted by Gasteiger charge is -2.23. The first-order valence-corrected chi connectivity index (χ1v) is 8.37. The predicted molar refractivity (Wildman–Crippen MR) is 100 cm³/mol. The normalized spacial score (nSPS) is 16.6. The molecule has 1 unspecified atom stereocenters. The van der Waals surface area contributed by atoms with Crippen molar-refractivity contribution in [3.05, 3.63) is 59.2 Å². The number of hydrogen-bond acceptors (Lipinski definition) is 3. The zero-order chi connectivity index (χ0) is 18.0. The first kappa shape index (κ1) is 17.1. The Hall–Kier alpha value is -2.75. The summed E-state index contributed by atoms with van der Waals surface area (Å²) in [5.41, 5.74) is 3.83. The maximum absolute atomic E-state index is 13.0. The molecule has 0 aromatic heterocycles. The number of carbonyl (C=O) groups is 1. The van der Waals surface area contributed by atoms with Crippen LogP contribution in [-0.2, 0) is 11.2 Å². The average molecular weight is 337 g/mol. The summed E-state index contributed by atoms with van der Waals surface area (Å²) in [6, 6.07) is 13.9. The monoisotopic (exact) mass is 337 g/mol. The highest BCUT2D eigenvalue weighted by molar-refractivity contribution is 6.09. The zero-order valence-corrected chi connectivity index (χ0v) is 15.1. The summed E-state index contributed by atoms with van der Waals surface area (Å²) in [6.45, 7) is 3.94. The van der Waals surface area contributed by atoms with E-state index in [2.05, 4.69) is 13.0 Å². The van der Waals surface area contributed by atoms with Crippen LogP contribution in [0, 0.1) is 0 Å². The number of anilines is 1. The molecule has 0 aliphatic carbocycles. The molecule has 0 saturated carbocycles. The molecule has 0 saturated heterocycles. The van der Waals surface area contributed by atoms with E-state index in [1.807, 2.05) is 54.3 Å². The van der Waals surface area contributed by atoms with Crippen molar-refractivity contribution in [1.29, 1.82) is 0 Å². The van der Waals surface area contributed by atoms with Crippen LogP contribution in [0.4, 0.5) is 5.69 Å². The Bertz CT molecular complexity index is 826. The third-order valence-electron chi connectivity index (χ3n) is 4.55. The van der Waals surface area contributed by atoms with Gasteiger partial charge in [0.15, 0.2) is 11.5 Å². The van der Waals surface area contributed by atoms with Crippen molar-refractivity contribution in [2.24, 2.45) is 0 Å². The first-order chi connectivity index (χ1) is 12.0. The van der Waals surface area contributed by atoms with Crippen molar-refractivity contribution in [3.63, 3.8) is 0 Å². The standard InChI is InChI=1S/C21H23NO3/c1-14(11-16-9-10-19(24-3)20(13-16)25-4)21(23)22-15(2)12-17-7-5-6-8-18(17)22/h5-11,13,15H,12H2,1-4H3/b14-11+. The molecule has 1 aliphatic rings. The van der Waals surface area contributed by atoms with Gasteiger partial charge in [-0.15, -0.1) is 0 Å². The minimum Gasteiger partial charge on any atom is -0.493 e. The van der Waals surface area contributed by atoms with E-state index < -0.39 is 0 Å². The summed E-state index contributed by atoms with van der Waals surface area (Å²) >= 11 is 0. The van der Waals surface area contributed by atoms with Crippen molar-refractivity contribution < 1.29 is 14.3 Å². The van der Waals surface area contributed by atoms with Gasteiger partial charge in [-0.25, -0.2) is 0 Å². The Kier molecular flexibility index (Phi) is 4.79. The maximum atomic E-state index is 13.0. The number of amides is 1. The SMILES string of the molecule is COc1ccc(/C=C(\C)C(=O)N2c3ccccc3CC2C)cc1OC. The molecule has 2 aromatic carbocycles. The van der Waals surface area contributed by atoms with Gasteiger partial charge in [-0.05, 0) is 55.7 Å². The van der Waals surface area contributed by atoms with E-state index in [1.165, 1.54) is 5.56 Å². The summed E-state index contributed by atoms with van der Waals surface area (Å²) in [5.74, 6) is 1.36. The minimum absolute atomic E-state index is 0.0345. The van der Waals surface area contributed by atoms with Gasteiger partial charge in [0, 0.05) is 17.3 Å². The summed E-state index contributed by atoms with van der Waals surface area (Å²) in [6.07, 6.45) is 2.78. The topological polar surface area (TPSA) is 38.8 Å². The smallest absolute Gasteiger partial charge is 0.254 e. The highest BCUT2D eigenvalue weighted by atomic mass is 16.5. The molecule has 0 fully saturated rings. The number of para-hydroxylation sites is 1. The predicted octanol–water partition coefficient (Wildman–Crippen LogP) is 4.08. The number of hydrogen-bond donors (Lipinski definition) is 0. The van der Waals surface area contributed by atoms with Crippen molar-refractivity contribution >= 4 is 17.7 Å². The zero-order valence-electron chi connectivity index (χ0n) is 15.1. The largest absolute Gasteiger partial charge is 0.493 e. The van der Waals surface area contributed by atoms with E-state index in [4.69, 9.17) is 9.47 Å². The van der Waals surface area contributed by atoms with Gasteiger partial charge in [0.25, 0.3) is 5.91 Å². The van der Waals surface area contributed by atoms with Crippen molar-refractivity contribution in [1.82, 2.24) is 0 Å². The fraction of sp³-hybridized carbons (Fsp3) is 0.286. The van der Waals surface area contributed by atoms with Crippen LogP contribution < -0.4 is 14.4 Å². The van der Waals surface area contributed by atoms with E-state index in [0.717, 1.165) is 17.7 Å². The van der Waals surface area contributed by atoms with Crippen molar-refractivity contribution in [2.45, 2.75) is 26.3 Å². The van der Waals surface area contributed by atoms with E-state index in [0.29, 0.717) is 17.1 Å². The Morgan fingerprint density at radius 3 is 2.56 bits per heavy atom. The molecule has 0 radical (unpaired) electrons. The van der Waals surface area contributed by atoms with Gasteiger partial charge in [-0.2, -0.15) is 0 Å². The number of rotatable bonds is 4. The van der Waals surface area contributed by atoms with E-state index in [9.17, 15) is 4.79 Å². The molecule has 0 N–H and O–H groups in total. The van der Waals surface area contributed by atoms with Gasteiger partial charge >= 0.3 is 0 Å². The molecule has 1 heterocycles. The lowest BCUT2D eigenvalue weighted by atomic mass is 10.1. The highest BCUT2D eigenvalue weighted by Crippen LogP contribution is 2.33. The summed E-state index contributed by atoms with van der Waals surface area (Å²) in [5, 5.41) is 0. The van der Waals surface area contributed by atoms with Crippen LogP contribution in [0.2, 0.25) is 0 Å². The first-order valence-electron chi connectivity index (χ1n) is 8.37. The van der Waals surface area contributed by atoms with E-state index in [1.54, 1.807) is 14.2 Å². The van der Waals surface area contributed by atoms with Gasteiger partial charge < -0.3 is 14.4 Å². The molecule has 2 aromatic rings. The number of nitrogens with zero attached hydrogens (tertiary/aromatic N) is 1. The van der Waals surface area contributed by atoms with E-state index >= 15 is 0 Å². The molecule has 4 heteroatoms. The third-order valence-corrected chi connectivity index (χ3v) is 4.55. The number of benzene rings is 2.